The number of rotatable bonds is 3. The van der Waals surface area contributed by atoms with Crippen LogP contribution >= 0.6 is 0 Å². The van der Waals surface area contributed by atoms with E-state index in [4.69, 9.17) is 34.4 Å². The molecule has 1 aromatic carbocycles. The maximum Gasteiger partial charge on any atom is 0.122 e. The smallest absolute Gasteiger partial charge is 0.122 e. The Bertz CT molecular complexity index is 377. The summed E-state index contributed by atoms with van der Waals surface area (Å²) in [7, 11) is 0. The van der Waals surface area contributed by atoms with Gasteiger partial charge in [-0.2, -0.15) is 0 Å². The molecule has 0 aliphatic rings. The van der Waals surface area contributed by atoms with Crippen LogP contribution in [-0.2, 0) is 0 Å². The molecule has 1 aromatic rings. The van der Waals surface area contributed by atoms with E-state index < -0.39 is 18.5 Å². The van der Waals surface area contributed by atoms with Crippen LogP contribution in [-0.4, -0.2) is 5.11 Å². The van der Waals surface area contributed by atoms with Gasteiger partial charge in [0.15, 0.2) is 0 Å². The molecular weight excluding hydrogens is 208 g/mol. The van der Waals surface area contributed by atoms with Crippen molar-refractivity contribution in [3.05, 3.63) is 28.8 Å². The number of phenols is 1. The highest BCUT2D eigenvalue weighted by Gasteiger charge is 2.21. The summed E-state index contributed by atoms with van der Waals surface area (Å²) in [5.74, 6) is -0.0738. The quantitative estimate of drug-likeness (QED) is 0.295. The van der Waals surface area contributed by atoms with Gasteiger partial charge in [-0.15, -0.1) is 0 Å². The van der Waals surface area contributed by atoms with Crippen LogP contribution < -0.4 is 34.4 Å². The van der Waals surface area contributed by atoms with E-state index in [1.165, 1.54) is 6.07 Å². The third-order valence-electron chi connectivity index (χ3n) is 2.32. The molecule has 0 fully saturated rings. The molecule has 90 valence electrons. The lowest BCUT2D eigenvalue weighted by molar-refractivity contribution is 0.458. The fourth-order valence-corrected chi connectivity index (χ4v) is 1.65. The summed E-state index contributed by atoms with van der Waals surface area (Å²) >= 11 is 0. The third-order valence-corrected chi connectivity index (χ3v) is 2.32. The second-order valence-electron chi connectivity index (χ2n) is 3.58. The first-order valence-corrected chi connectivity index (χ1v) is 4.75. The molecule has 0 aliphatic carbocycles. The van der Waals surface area contributed by atoms with Crippen molar-refractivity contribution < 1.29 is 5.11 Å². The third kappa shape index (κ3) is 2.30. The molecule has 0 unspecified atom stereocenters. The van der Waals surface area contributed by atoms with Crippen molar-refractivity contribution in [3.8, 4) is 5.75 Å². The van der Waals surface area contributed by atoms with Crippen LogP contribution in [0.1, 0.15) is 35.2 Å². The molecule has 13 N–H and O–H groups in total. The zero-order valence-electron chi connectivity index (χ0n) is 8.80. The van der Waals surface area contributed by atoms with Crippen molar-refractivity contribution in [1.82, 2.24) is 0 Å². The fraction of sp³-hybridized carbons (Fsp3) is 0.333. The molecule has 0 saturated carbocycles. The normalized spacial score (nSPS) is 11.8. The summed E-state index contributed by atoms with van der Waals surface area (Å²) in [6.07, 6.45) is -2.52. The van der Waals surface area contributed by atoms with Crippen LogP contribution in [0.5, 0.6) is 5.75 Å². The van der Waals surface area contributed by atoms with Crippen molar-refractivity contribution in [2.24, 2.45) is 34.4 Å². The van der Waals surface area contributed by atoms with Gasteiger partial charge in [-0.05, 0) is 17.2 Å². The van der Waals surface area contributed by atoms with Crippen molar-refractivity contribution in [1.29, 1.82) is 0 Å². The summed E-state index contributed by atoms with van der Waals surface area (Å²) in [5.41, 5.74) is 34.6. The number of phenolic OH excluding ortho intramolecular Hbond substituents is 1. The van der Waals surface area contributed by atoms with E-state index in [9.17, 15) is 5.11 Å². The van der Waals surface area contributed by atoms with Crippen molar-refractivity contribution in [2.75, 3.05) is 0 Å². The molecule has 0 aliphatic heterocycles. The Balaban J connectivity index is 3.50. The highest BCUT2D eigenvalue weighted by atomic mass is 16.3. The van der Waals surface area contributed by atoms with Crippen LogP contribution in [0, 0.1) is 0 Å². The first kappa shape index (κ1) is 12.8. The fourth-order valence-electron chi connectivity index (χ4n) is 1.65. The Morgan fingerprint density at radius 2 is 1.25 bits per heavy atom. The monoisotopic (exact) mass is 226 g/mol. The molecule has 7 heteroatoms. The van der Waals surface area contributed by atoms with Gasteiger partial charge in [-0.3, -0.25) is 0 Å². The molecule has 0 radical (unpaired) electrons. The average molecular weight is 226 g/mol. The Hall–Kier alpha value is -1.22. The van der Waals surface area contributed by atoms with Gasteiger partial charge >= 0.3 is 0 Å². The average Bonchev–Trinajstić information content (AvgIpc) is 2.15. The van der Waals surface area contributed by atoms with Crippen LogP contribution in [0.3, 0.4) is 0 Å². The molecule has 0 amide bonds. The van der Waals surface area contributed by atoms with Crippen LogP contribution in [0.4, 0.5) is 0 Å². The van der Waals surface area contributed by atoms with E-state index in [-0.39, 0.29) is 11.3 Å². The van der Waals surface area contributed by atoms with E-state index in [2.05, 4.69) is 0 Å². The minimum absolute atomic E-state index is 0.0738. The summed E-state index contributed by atoms with van der Waals surface area (Å²) in [6.45, 7) is 0. The summed E-state index contributed by atoms with van der Waals surface area (Å²) in [4.78, 5) is 0. The Labute approximate surface area is 93.4 Å². The summed E-state index contributed by atoms with van der Waals surface area (Å²) < 4.78 is 0. The first-order valence-electron chi connectivity index (χ1n) is 4.75. The minimum atomic E-state index is -0.900. The molecule has 0 bridgehead atoms. The van der Waals surface area contributed by atoms with E-state index in [1.54, 1.807) is 6.07 Å². The lowest BCUT2D eigenvalue weighted by atomic mass is 9.95. The largest absolute Gasteiger partial charge is 0.508 e. The van der Waals surface area contributed by atoms with Gasteiger partial charge in [0, 0.05) is 5.56 Å². The Kier molecular flexibility index (Phi) is 3.81. The lowest BCUT2D eigenvalue weighted by Crippen LogP contribution is -2.32. The molecule has 1 rings (SSSR count). The number of hydrogen-bond acceptors (Lipinski definition) is 7. The maximum absolute atomic E-state index is 9.66. The van der Waals surface area contributed by atoms with E-state index in [0.29, 0.717) is 11.1 Å². The number of hydrogen-bond donors (Lipinski definition) is 7. The van der Waals surface area contributed by atoms with Crippen molar-refractivity contribution in [3.63, 3.8) is 0 Å². The predicted molar refractivity (Wildman–Crippen MR) is 61.5 cm³/mol. The molecular formula is C9H18N6O. The Morgan fingerprint density at radius 1 is 0.750 bits per heavy atom. The van der Waals surface area contributed by atoms with Crippen molar-refractivity contribution in [2.45, 2.75) is 18.5 Å². The van der Waals surface area contributed by atoms with Crippen molar-refractivity contribution >= 4 is 0 Å². The van der Waals surface area contributed by atoms with E-state index in [0.717, 1.165) is 0 Å². The minimum Gasteiger partial charge on any atom is -0.508 e. The predicted octanol–water partition coefficient (Wildman–Crippen LogP) is -1.86. The molecule has 0 heterocycles. The number of nitrogens with two attached hydrogens (primary N) is 6. The maximum atomic E-state index is 9.66. The zero-order valence-corrected chi connectivity index (χ0v) is 8.80. The van der Waals surface area contributed by atoms with Gasteiger partial charge in [0.1, 0.15) is 5.75 Å². The van der Waals surface area contributed by atoms with Crippen LogP contribution in [0.25, 0.3) is 0 Å². The first-order chi connectivity index (χ1) is 7.36. The van der Waals surface area contributed by atoms with E-state index in [1.807, 2.05) is 0 Å². The second-order valence-corrected chi connectivity index (χ2v) is 3.58. The lowest BCUT2D eigenvalue weighted by Gasteiger charge is -2.22. The molecule has 0 atom stereocenters. The molecule has 0 saturated heterocycles. The second kappa shape index (κ2) is 4.74. The van der Waals surface area contributed by atoms with Gasteiger partial charge in [-0.1, -0.05) is 6.07 Å². The SMILES string of the molecule is NC(N)c1ccc(O)c(C(N)N)c1C(N)N. The standard InChI is InChI=1S/C9H18N6O/c10-7(11)3-1-2-4(16)6(9(14)15)5(3)8(12)13/h1-2,7-9,16H,10-15H2. The highest BCUT2D eigenvalue weighted by molar-refractivity contribution is 5.48. The van der Waals surface area contributed by atoms with E-state index >= 15 is 0 Å². The van der Waals surface area contributed by atoms with Gasteiger partial charge < -0.3 is 39.5 Å². The highest BCUT2D eigenvalue weighted by Crippen LogP contribution is 2.31. The van der Waals surface area contributed by atoms with Crippen LogP contribution in [0.15, 0.2) is 12.1 Å². The van der Waals surface area contributed by atoms with Gasteiger partial charge in [0.05, 0.1) is 18.5 Å². The zero-order chi connectivity index (χ0) is 12.5. The van der Waals surface area contributed by atoms with Crippen LogP contribution in [0.2, 0.25) is 0 Å². The van der Waals surface area contributed by atoms with Gasteiger partial charge in [0.2, 0.25) is 0 Å². The molecule has 0 aromatic heterocycles. The summed E-state index contributed by atoms with van der Waals surface area (Å²) in [5, 5.41) is 9.66. The molecule has 16 heavy (non-hydrogen) atoms. The Morgan fingerprint density at radius 3 is 1.62 bits per heavy atom. The number of benzene rings is 1. The number of aromatic hydroxyl groups is 1. The molecule has 0 spiro atoms. The molecule has 7 nitrogen and oxygen atoms in total. The van der Waals surface area contributed by atoms with Gasteiger partial charge in [-0.25, -0.2) is 0 Å². The topological polar surface area (TPSA) is 176 Å². The summed E-state index contributed by atoms with van der Waals surface area (Å²) in [6, 6.07) is 2.96. The van der Waals surface area contributed by atoms with Gasteiger partial charge in [0.25, 0.3) is 0 Å².